The molecule has 0 bridgehead atoms. The van der Waals surface area contributed by atoms with Gasteiger partial charge >= 0.3 is 0 Å². The molecular weight excluding hydrogens is 278 g/mol. The number of hydrogen-bond acceptors (Lipinski definition) is 4. The molecule has 6 heteroatoms. The van der Waals surface area contributed by atoms with E-state index in [1.165, 1.54) is 11.1 Å². The first-order chi connectivity index (χ1) is 9.45. The van der Waals surface area contributed by atoms with E-state index in [1.807, 2.05) is 0 Å². The zero-order chi connectivity index (χ0) is 14.8. The molecule has 0 atom stereocenters. The summed E-state index contributed by atoms with van der Waals surface area (Å²) < 4.78 is 0. The van der Waals surface area contributed by atoms with E-state index in [0.29, 0.717) is 22.9 Å². The van der Waals surface area contributed by atoms with E-state index in [4.69, 9.17) is 11.6 Å². The predicted molar refractivity (Wildman–Crippen MR) is 79.2 cm³/mol. The molecule has 1 aromatic rings. The zero-order valence-electron chi connectivity index (χ0n) is 11.8. The van der Waals surface area contributed by atoms with Gasteiger partial charge in [0.1, 0.15) is 5.82 Å². The lowest BCUT2D eigenvalue weighted by Gasteiger charge is -2.28. The smallest absolute Gasteiger partial charge is 0.255 e. The van der Waals surface area contributed by atoms with E-state index in [1.54, 1.807) is 20.2 Å². The molecular formula is C14H20ClN3O2. The number of anilines is 1. The number of aliphatic hydroxyl groups is 1. The lowest BCUT2D eigenvalue weighted by molar-refractivity contribution is 0.0157. The lowest BCUT2D eigenvalue weighted by Crippen LogP contribution is -2.42. The minimum Gasteiger partial charge on any atom is -0.388 e. The van der Waals surface area contributed by atoms with Crippen LogP contribution < -0.4 is 5.32 Å². The second-order valence-electron chi connectivity index (χ2n) is 5.39. The topological polar surface area (TPSA) is 65.5 Å². The number of nitrogens with one attached hydrogen (secondary N) is 1. The molecule has 1 saturated carbocycles. The van der Waals surface area contributed by atoms with Crippen molar-refractivity contribution in [1.29, 1.82) is 0 Å². The predicted octanol–water partition coefficient (Wildman–Crippen LogP) is 2.15. The maximum absolute atomic E-state index is 12.4. The summed E-state index contributed by atoms with van der Waals surface area (Å²) in [6, 6.07) is 1.62. The largest absolute Gasteiger partial charge is 0.388 e. The number of carbonyl (C=O) groups is 1. The van der Waals surface area contributed by atoms with Crippen molar-refractivity contribution in [1.82, 2.24) is 9.88 Å². The standard InChI is InChI=1S/C14H20ClN3O2/c1-16-12-7-10(11(15)8-17-12)13(19)18(2)9-14(20)5-3-4-6-14/h7-8,20H,3-6,9H2,1-2H3,(H,16,17). The Morgan fingerprint density at radius 3 is 2.80 bits per heavy atom. The van der Waals surface area contributed by atoms with Gasteiger partial charge in [-0.15, -0.1) is 0 Å². The molecule has 1 aliphatic rings. The van der Waals surface area contributed by atoms with Crippen molar-refractivity contribution < 1.29 is 9.90 Å². The minimum absolute atomic E-state index is 0.200. The third kappa shape index (κ3) is 3.22. The van der Waals surface area contributed by atoms with Crippen molar-refractivity contribution in [3.05, 3.63) is 22.8 Å². The summed E-state index contributed by atoms with van der Waals surface area (Å²) in [4.78, 5) is 18.0. The van der Waals surface area contributed by atoms with Gasteiger partial charge in [-0.3, -0.25) is 4.79 Å². The molecule has 5 nitrogen and oxygen atoms in total. The van der Waals surface area contributed by atoms with Crippen LogP contribution in [0.25, 0.3) is 0 Å². The van der Waals surface area contributed by atoms with Crippen LogP contribution in [0.2, 0.25) is 5.02 Å². The third-order valence-electron chi connectivity index (χ3n) is 3.75. The van der Waals surface area contributed by atoms with Gasteiger partial charge in [0.2, 0.25) is 0 Å². The van der Waals surface area contributed by atoms with Crippen LogP contribution >= 0.6 is 11.6 Å². The maximum Gasteiger partial charge on any atom is 0.255 e. The monoisotopic (exact) mass is 297 g/mol. The quantitative estimate of drug-likeness (QED) is 0.894. The molecule has 1 heterocycles. The number of rotatable bonds is 4. The summed E-state index contributed by atoms with van der Waals surface area (Å²) in [5.41, 5.74) is -0.356. The lowest BCUT2D eigenvalue weighted by atomic mass is 10.0. The van der Waals surface area contributed by atoms with Gasteiger partial charge in [0.25, 0.3) is 5.91 Å². The Hall–Kier alpha value is -1.33. The normalized spacial score (nSPS) is 17.0. The van der Waals surface area contributed by atoms with Crippen molar-refractivity contribution in [2.45, 2.75) is 31.3 Å². The first-order valence-electron chi connectivity index (χ1n) is 6.76. The molecule has 0 saturated heterocycles. The molecule has 0 aromatic carbocycles. The summed E-state index contributed by atoms with van der Waals surface area (Å²) in [6.45, 7) is 0.333. The Balaban J connectivity index is 2.14. The SMILES string of the molecule is CNc1cc(C(=O)N(C)CC2(O)CCCC2)c(Cl)cn1. The van der Waals surface area contributed by atoms with Crippen LogP contribution in [-0.2, 0) is 0 Å². The molecule has 0 aliphatic heterocycles. The molecule has 2 rings (SSSR count). The van der Waals surface area contributed by atoms with Crippen LogP contribution in [-0.4, -0.2) is 47.1 Å². The van der Waals surface area contributed by atoms with Crippen molar-refractivity contribution in [3.63, 3.8) is 0 Å². The first-order valence-corrected chi connectivity index (χ1v) is 7.14. The highest BCUT2D eigenvalue weighted by molar-refractivity contribution is 6.33. The van der Waals surface area contributed by atoms with Crippen molar-refractivity contribution in [3.8, 4) is 0 Å². The molecule has 2 N–H and O–H groups in total. The Morgan fingerprint density at radius 1 is 1.55 bits per heavy atom. The highest BCUT2D eigenvalue weighted by Gasteiger charge is 2.33. The second kappa shape index (κ2) is 5.97. The molecule has 110 valence electrons. The van der Waals surface area contributed by atoms with E-state index in [9.17, 15) is 9.90 Å². The molecule has 0 unspecified atom stereocenters. The number of pyridine rings is 1. The van der Waals surface area contributed by atoms with Crippen LogP contribution in [0.4, 0.5) is 5.82 Å². The van der Waals surface area contributed by atoms with Gasteiger partial charge in [0, 0.05) is 26.8 Å². The van der Waals surface area contributed by atoms with Gasteiger partial charge in [0.15, 0.2) is 0 Å². The molecule has 1 amide bonds. The van der Waals surface area contributed by atoms with Gasteiger partial charge < -0.3 is 15.3 Å². The molecule has 20 heavy (non-hydrogen) atoms. The first kappa shape index (κ1) is 15.1. The summed E-state index contributed by atoms with van der Waals surface area (Å²) in [5, 5.41) is 13.6. The van der Waals surface area contributed by atoms with E-state index >= 15 is 0 Å². The fraction of sp³-hybridized carbons (Fsp3) is 0.571. The molecule has 1 aliphatic carbocycles. The number of aromatic nitrogens is 1. The van der Waals surface area contributed by atoms with E-state index < -0.39 is 5.60 Å². The van der Waals surface area contributed by atoms with Crippen LogP contribution in [0.3, 0.4) is 0 Å². The molecule has 1 fully saturated rings. The van der Waals surface area contributed by atoms with Gasteiger partial charge in [-0.1, -0.05) is 24.4 Å². The fourth-order valence-electron chi connectivity index (χ4n) is 2.65. The number of hydrogen-bond donors (Lipinski definition) is 2. The Labute approximate surface area is 123 Å². The van der Waals surface area contributed by atoms with Crippen LogP contribution in [0, 0.1) is 0 Å². The summed E-state index contributed by atoms with van der Waals surface area (Å²) in [5.74, 6) is 0.389. The second-order valence-corrected chi connectivity index (χ2v) is 5.80. The van der Waals surface area contributed by atoms with Gasteiger partial charge in [0.05, 0.1) is 16.2 Å². The fourth-order valence-corrected chi connectivity index (χ4v) is 2.83. The maximum atomic E-state index is 12.4. The van der Waals surface area contributed by atoms with Gasteiger partial charge in [-0.2, -0.15) is 0 Å². The molecule has 0 radical (unpaired) electrons. The van der Waals surface area contributed by atoms with Crippen LogP contribution in [0.15, 0.2) is 12.3 Å². The van der Waals surface area contributed by atoms with Crippen LogP contribution in [0.5, 0.6) is 0 Å². The van der Waals surface area contributed by atoms with Crippen molar-refractivity contribution in [2.24, 2.45) is 0 Å². The van der Waals surface area contributed by atoms with Crippen molar-refractivity contribution >= 4 is 23.3 Å². The zero-order valence-corrected chi connectivity index (χ0v) is 12.6. The summed E-state index contributed by atoms with van der Waals surface area (Å²) in [7, 11) is 3.42. The highest BCUT2D eigenvalue weighted by atomic mass is 35.5. The molecule has 0 spiro atoms. The highest BCUT2D eigenvalue weighted by Crippen LogP contribution is 2.30. The summed E-state index contributed by atoms with van der Waals surface area (Å²) in [6.07, 6.45) is 4.97. The minimum atomic E-state index is -0.754. The Morgan fingerprint density at radius 2 is 2.20 bits per heavy atom. The number of halogens is 1. The molecule has 1 aromatic heterocycles. The van der Waals surface area contributed by atoms with Gasteiger partial charge in [-0.05, 0) is 18.9 Å². The van der Waals surface area contributed by atoms with Crippen LogP contribution in [0.1, 0.15) is 36.0 Å². The average molecular weight is 298 g/mol. The average Bonchev–Trinajstić information content (AvgIpc) is 2.85. The Bertz CT molecular complexity index is 501. The Kier molecular flexibility index (Phi) is 4.50. The van der Waals surface area contributed by atoms with Crippen molar-refractivity contribution in [2.75, 3.05) is 26.0 Å². The number of likely N-dealkylation sites (N-methyl/N-ethyl adjacent to an activating group) is 1. The van der Waals surface area contributed by atoms with E-state index in [-0.39, 0.29) is 5.91 Å². The van der Waals surface area contributed by atoms with Gasteiger partial charge in [-0.25, -0.2) is 4.98 Å². The van der Waals surface area contributed by atoms with E-state index in [0.717, 1.165) is 25.7 Å². The number of amides is 1. The van der Waals surface area contributed by atoms with E-state index in [2.05, 4.69) is 10.3 Å². The summed E-state index contributed by atoms with van der Waals surface area (Å²) >= 11 is 6.04. The number of carbonyl (C=O) groups excluding carboxylic acids is 1. The third-order valence-corrected chi connectivity index (χ3v) is 4.06. The number of nitrogens with zero attached hydrogens (tertiary/aromatic N) is 2.